The summed E-state index contributed by atoms with van der Waals surface area (Å²) in [5.74, 6) is 1.12. The van der Waals surface area contributed by atoms with Gasteiger partial charge in [0.25, 0.3) is 6.43 Å². The van der Waals surface area contributed by atoms with E-state index >= 15 is 0 Å². The third-order valence-electron chi connectivity index (χ3n) is 6.36. The van der Waals surface area contributed by atoms with Crippen LogP contribution >= 0.6 is 0 Å². The van der Waals surface area contributed by atoms with Crippen LogP contribution in [0.5, 0.6) is 0 Å². The number of aryl methyl sites for hydroxylation is 1. The standard InChI is InChI=1S/C24H30F2N4O2/c1-14-16(6-3-9-18(14)23(25)26)13-27-24-22(20-10-5-11-32-20)19(28-15(2)29-24)12-21(31)30-17-7-4-8-17/h3,6,9,17,20,23H,4-5,7-8,10-13H2,1-2H3,(H,30,31)(H,27,28,29). The van der Waals surface area contributed by atoms with Crippen molar-refractivity contribution in [3.63, 3.8) is 0 Å². The SMILES string of the molecule is Cc1nc(CC(=O)NC2CCC2)c(C2CCCO2)c(NCc2cccc(C(F)F)c2C)n1. The molecule has 6 nitrogen and oxygen atoms in total. The Balaban J connectivity index is 1.60. The van der Waals surface area contributed by atoms with E-state index in [0.717, 1.165) is 43.2 Å². The van der Waals surface area contributed by atoms with Crippen molar-refractivity contribution in [2.45, 2.75) is 77.5 Å². The summed E-state index contributed by atoms with van der Waals surface area (Å²) in [6, 6.07) is 5.20. The van der Waals surface area contributed by atoms with Gasteiger partial charge in [-0.1, -0.05) is 18.2 Å². The van der Waals surface area contributed by atoms with E-state index < -0.39 is 6.43 Å². The van der Waals surface area contributed by atoms with Gasteiger partial charge in [-0.05, 0) is 57.1 Å². The quantitative estimate of drug-likeness (QED) is 0.617. The number of anilines is 1. The molecule has 1 aliphatic carbocycles. The lowest BCUT2D eigenvalue weighted by molar-refractivity contribution is -0.121. The number of alkyl halides is 2. The van der Waals surface area contributed by atoms with Crippen molar-refractivity contribution in [2.75, 3.05) is 11.9 Å². The van der Waals surface area contributed by atoms with Gasteiger partial charge in [0.15, 0.2) is 0 Å². The molecular weight excluding hydrogens is 414 g/mol. The van der Waals surface area contributed by atoms with Gasteiger partial charge >= 0.3 is 0 Å². The highest BCUT2D eigenvalue weighted by Crippen LogP contribution is 2.35. The molecule has 1 unspecified atom stereocenters. The zero-order chi connectivity index (χ0) is 22.7. The summed E-state index contributed by atoms with van der Waals surface area (Å²) in [5, 5.41) is 6.40. The first-order valence-electron chi connectivity index (χ1n) is 11.3. The predicted octanol–water partition coefficient (Wildman–Crippen LogP) is 4.71. The average molecular weight is 445 g/mol. The van der Waals surface area contributed by atoms with Crippen molar-refractivity contribution in [2.24, 2.45) is 0 Å². The molecule has 1 aromatic heterocycles. The number of nitrogens with one attached hydrogen (secondary N) is 2. The first-order valence-corrected chi connectivity index (χ1v) is 11.3. The minimum atomic E-state index is -2.51. The summed E-state index contributed by atoms with van der Waals surface area (Å²) >= 11 is 0. The fourth-order valence-electron chi connectivity index (χ4n) is 4.35. The maximum atomic E-state index is 13.3. The van der Waals surface area contributed by atoms with E-state index in [9.17, 15) is 13.6 Å². The molecule has 1 aromatic carbocycles. The first-order chi connectivity index (χ1) is 15.4. The van der Waals surface area contributed by atoms with Crippen LogP contribution in [0, 0.1) is 13.8 Å². The lowest BCUT2D eigenvalue weighted by atomic mass is 9.93. The summed E-state index contributed by atoms with van der Waals surface area (Å²) in [6.07, 6.45) is 2.44. The molecule has 1 amide bonds. The van der Waals surface area contributed by atoms with E-state index in [4.69, 9.17) is 4.74 Å². The van der Waals surface area contributed by atoms with E-state index in [1.54, 1.807) is 19.9 Å². The summed E-state index contributed by atoms with van der Waals surface area (Å²) in [6.45, 7) is 4.50. The van der Waals surface area contributed by atoms with Crippen LogP contribution in [0.3, 0.4) is 0 Å². The van der Waals surface area contributed by atoms with Crippen LogP contribution in [-0.2, 0) is 22.5 Å². The molecule has 8 heteroatoms. The minimum absolute atomic E-state index is 0.0378. The van der Waals surface area contributed by atoms with Crippen molar-refractivity contribution in [1.82, 2.24) is 15.3 Å². The second-order valence-electron chi connectivity index (χ2n) is 8.64. The second kappa shape index (κ2) is 9.90. The number of halogens is 2. The Morgan fingerprint density at radius 2 is 2.00 bits per heavy atom. The lowest BCUT2D eigenvalue weighted by Crippen LogP contribution is -2.40. The van der Waals surface area contributed by atoms with Crippen LogP contribution in [0.1, 0.15) is 78.4 Å². The predicted molar refractivity (Wildman–Crippen MR) is 118 cm³/mol. The molecule has 172 valence electrons. The smallest absolute Gasteiger partial charge is 0.264 e. The Bertz CT molecular complexity index is 973. The number of carbonyl (C=O) groups excluding carboxylic acids is 1. The van der Waals surface area contributed by atoms with Crippen molar-refractivity contribution >= 4 is 11.7 Å². The molecule has 2 aliphatic rings. The van der Waals surface area contributed by atoms with Crippen LogP contribution in [0.4, 0.5) is 14.6 Å². The van der Waals surface area contributed by atoms with E-state index in [2.05, 4.69) is 20.6 Å². The molecule has 2 heterocycles. The zero-order valence-corrected chi connectivity index (χ0v) is 18.6. The number of rotatable bonds is 8. The van der Waals surface area contributed by atoms with Gasteiger partial charge in [-0.25, -0.2) is 18.7 Å². The van der Waals surface area contributed by atoms with Crippen molar-refractivity contribution in [3.8, 4) is 0 Å². The summed E-state index contributed by atoms with van der Waals surface area (Å²) in [5.41, 5.74) is 2.86. The Morgan fingerprint density at radius 1 is 1.19 bits per heavy atom. The minimum Gasteiger partial charge on any atom is -0.373 e. The maximum absolute atomic E-state index is 13.3. The van der Waals surface area contributed by atoms with E-state index in [-0.39, 0.29) is 30.0 Å². The molecule has 1 atom stereocenters. The normalized spacial score (nSPS) is 18.6. The number of carbonyl (C=O) groups is 1. The Labute approximate surface area is 187 Å². The average Bonchev–Trinajstić information content (AvgIpc) is 3.23. The summed E-state index contributed by atoms with van der Waals surface area (Å²) < 4.78 is 32.5. The summed E-state index contributed by atoms with van der Waals surface area (Å²) in [7, 11) is 0. The van der Waals surface area contributed by atoms with Gasteiger partial charge in [0.05, 0.1) is 18.2 Å². The van der Waals surface area contributed by atoms with Gasteiger partial charge < -0.3 is 15.4 Å². The van der Waals surface area contributed by atoms with Gasteiger partial charge in [0, 0.05) is 30.3 Å². The van der Waals surface area contributed by atoms with Crippen LogP contribution in [0.15, 0.2) is 18.2 Å². The highest BCUT2D eigenvalue weighted by atomic mass is 19.3. The molecule has 2 N–H and O–H groups in total. The molecule has 1 aliphatic heterocycles. The molecule has 1 saturated heterocycles. The van der Waals surface area contributed by atoms with Crippen LogP contribution in [-0.4, -0.2) is 28.5 Å². The van der Waals surface area contributed by atoms with Crippen molar-refractivity contribution in [3.05, 3.63) is 52.0 Å². The number of benzene rings is 1. The van der Waals surface area contributed by atoms with Gasteiger partial charge in [-0.3, -0.25) is 4.79 Å². The molecular formula is C24H30F2N4O2. The molecule has 0 spiro atoms. The second-order valence-corrected chi connectivity index (χ2v) is 8.64. The monoisotopic (exact) mass is 444 g/mol. The summed E-state index contributed by atoms with van der Waals surface area (Å²) in [4.78, 5) is 21.8. The zero-order valence-electron chi connectivity index (χ0n) is 18.6. The van der Waals surface area contributed by atoms with Gasteiger partial charge in [-0.15, -0.1) is 0 Å². The third-order valence-corrected chi connectivity index (χ3v) is 6.36. The van der Waals surface area contributed by atoms with Crippen LogP contribution in [0.2, 0.25) is 0 Å². The molecule has 0 radical (unpaired) electrons. The molecule has 4 rings (SSSR count). The number of nitrogens with zero attached hydrogens (tertiary/aromatic N) is 2. The van der Waals surface area contributed by atoms with Gasteiger partial charge in [0.2, 0.25) is 5.91 Å². The van der Waals surface area contributed by atoms with Crippen molar-refractivity contribution in [1.29, 1.82) is 0 Å². The largest absolute Gasteiger partial charge is 0.373 e. The molecule has 32 heavy (non-hydrogen) atoms. The Kier molecular flexibility index (Phi) is 6.98. The van der Waals surface area contributed by atoms with Gasteiger partial charge in [0.1, 0.15) is 11.6 Å². The molecule has 1 saturated carbocycles. The number of ether oxygens (including phenoxy) is 1. The molecule has 2 fully saturated rings. The topological polar surface area (TPSA) is 76.1 Å². The fraction of sp³-hybridized carbons (Fsp3) is 0.542. The van der Waals surface area contributed by atoms with Crippen LogP contribution in [0.25, 0.3) is 0 Å². The van der Waals surface area contributed by atoms with Crippen molar-refractivity contribution < 1.29 is 18.3 Å². The van der Waals surface area contributed by atoms with Gasteiger partial charge in [-0.2, -0.15) is 0 Å². The van der Waals surface area contributed by atoms with E-state index in [1.165, 1.54) is 6.07 Å². The first kappa shape index (κ1) is 22.6. The third kappa shape index (κ3) is 5.06. The maximum Gasteiger partial charge on any atom is 0.264 e. The highest BCUT2D eigenvalue weighted by Gasteiger charge is 2.28. The Morgan fingerprint density at radius 3 is 2.66 bits per heavy atom. The number of hydrogen-bond acceptors (Lipinski definition) is 5. The fourth-order valence-corrected chi connectivity index (χ4v) is 4.35. The van der Waals surface area contributed by atoms with E-state index in [0.29, 0.717) is 36.1 Å². The molecule has 0 bridgehead atoms. The van der Waals surface area contributed by atoms with E-state index in [1.807, 2.05) is 6.07 Å². The number of aromatic nitrogens is 2. The Hall–Kier alpha value is -2.61. The molecule has 2 aromatic rings. The highest BCUT2D eigenvalue weighted by molar-refractivity contribution is 5.79. The number of hydrogen-bond donors (Lipinski definition) is 2. The van der Waals surface area contributed by atoms with Crippen LogP contribution < -0.4 is 10.6 Å². The lowest BCUT2D eigenvalue weighted by Gasteiger charge is -2.26. The number of amides is 1.